The Morgan fingerprint density at radius 1 is 0.706 bits per heavy atom. The minimum absolute atomic E-state index is 0.0758. The van der Waals surface area contributed by atoms with E-state index < -0.39 is 0 Å². The molecule has 0 saturated heterocycles. The van der Waals surface area contributed by atoms with Gasteiger partial charge in [-0.3, -0.25) is 4.98 Å². The number of aromatic nitrogens is 3. The number of rotatable bonds is 3. The molecule has 0 fully saturated rings. The lowest BCUT2D eigenvalue weighted by molar-refractivity contribution is 0.589. The largest absolute Gasteiger partial charge is 0.256 e. The van der Waals surface area contributed by atoms with Crippen LogP contribution in [-0.4, -0.2) is 15.0 Å². The topological polar surface area (TPSA) is 38.7 Å². The van der Waals surface area contributed by atoms with Crippen LogP contribution in [0.15, 0.2) is 85.5 Å². The van der Waals surface area contributed by atoms with Crippen molar-refractivity contribution in [2.45, 2.75) is 40.0 Å². The van der Waals surface area contributed by atoms with E-state index in [9.17, 15) is 0 Å². The van der Waals surface area contributed by atoms with Crippen LogP contribution in [0.4, 0.5) is 0 Å². The standard InChI is InChI=1S/C31H29N3/c1-20-9-10-25(21(2)15-20)27-12-11-26(30-28(27)18-32-19-34-30)22-7-6-8-23(16-22)29-17-24(13-14-33-29)31(3,4)5/h6-19H,1-5H3. The molecule has 0 radical (unpaired) electrons. The molecule has 168 valence electrons. The molecule has 5 aromatic rings. The molecule has 0 spiro atoms. The molecule has 0 atom stereocenters. The molecule has 3 heteroatoms. The van der Waals surface area contributed by atoms with Crippen LogP contribution in [0, 0.1) is 13.8 Å². The minimum atomic E-state index is 0.0758. The summed E-state index contributed by atoms with van der Waals surface area (Å²) < 4.78 is 0. The van der Waals surface area contributed by atoms with Gasteiger partial charge in [-0.05, 0) is 65.3 Å². The van der Waals surface area contributed by atoms with E-state index in [-0.39, 0.29) is 5.41 Å². The minimum Gasteiger partial charge on any atom is -0.256 e. The molecule has 0 bridgehead atoms. The third-order valence-electron chi connectivity index (χ3n) is 6.44. The number of benzene rings is 3. The van der Waals surface area contributed by atoms with Gasteiger partial charge in [-0.1, -0.05) is 74.9 Å². The second-order valence-corrected chi connectivity index (χ2v) is 10.0. The molecule has 2 aromatic heterocycles. The van der Waals surface area contributed by atoms with Crippen LogP contribution in [0.5, 0.6) is 0 Å². The fourth-order valence-electron chi connectivity index (χ4n) is 4.56. The summed E-state index contributed by atoms with van der Waals surface area (Å²) in [4.78, 5) is 13.7. The average molecular weight is 444 g/mol. The third kappa shape index (κ3) is 4.10. The van der Waals surface area contributed by atoms with Crippen LogP contribution in [-0.2, 0) is 5.41 Å². The van der Waals surface area contributed by atoms with Crippen molar-refractivity contribution in [1.29, 1.82) is 0 Å². The molecule has 2 heterocycles. The van der Waals surface area contributed by atoms with Gasteiger partial charge in [0.15, 0.2) is 0 Å². The van der Waals surface area contributed by atoms with E-state index in [1.807, 2.05) is 12.4 Å². The molecule has 3 nitrogen and oxygen atoms in total. The quantitative estimate of drug-likeness (QED) is 0.284. The summed E-state index contributed by atoms with van der Waals surface area (Å²) in [6.07, 6.45) is 5.47. The SMILES string of the molecule is Cc1ccc(-c2ccc(-c3cccc(-c4cc(C(C)(C)C)ccn4)c3)c3ncncc23)c(C)c1. The molecule has 0 aliphatic rings. The van der Waals surface area contributed by atoms with Crippen LogP contribution in [0.2, 0.25) is 0 Å². The Morgan fingerprint density at radius 3 is 2.26 bits per heavy atom. The first-order valence-corrected chi connectivity index (χ1v) is 11.7. The van der Waals surface area contributed by atoms with Crippen molar-refractivity contribution in [2.75, 3.05) is 0 Å². The molecule has 0 unspecified atom stereocenters. The van der Waals surface area contributed by atoms with Crippen molar-refractivity contribution < 1.29 is 0 Å². The molecule has 3 aromatic carbocycles. The number of aryl methyl sites for hydroxylation is 2. The van der Waals surface area contributed by atoms with E-state index in [1.165, 1.54) is 22.3 Å². The monoisotopic (exact) mass is 443 g/mol. The summed E-state index contributed by atoms with van der Waals surface area (Å²) in [6.45, 7) is 11.0. The Hall–Kier alpha value is -3.85. The molecule has 0 N–H and O–H groups in total. The van der Waals surface area contributed by atoms with Gasteiger partial charge in [0.25, 0.3) is 0 Å². The first kappa shape index (κ1) is 22.0. The van der Waals surface area contributed by atoms with Crippen molar-refractivity contribution in [2.24, 2.45) is 0 Å². The van der Waals surface area contributed by atoms with E-state index in [4.69, 9.17) is 4.98 Å². The number of nitrogens with zero attached hydrogens (tertiary/aromatic N) is 3. The van der Waals surface area contributed by atoms with Gasteiger partial charge in [-0.2, -0.15) is 0 Å². The highest BCUT2D eigenvalue weighted by Gasteiger charge is 2.16. The zero-order chi connectivity index (χ0) is 23.9. The highest BCUT2D eigenvalue weighted by atomic mass is 14.8. The molecule has 34 heavy (non-hydrogen) atoms. The number of fused-ring (bicyclic) bond motifs is 1. The summed E-state index contributed by atoms with van der Waals surface area (Å²) in [5, 5.41) is 1.06. The highest BCUT2D eigenvalue weighted by molar-refractivity contribution is 6.02. The lowest BCUT2D eigenvalue weighted by Gasteiger charge is -2.19. The molecular weight excluding hydrogens is 414 g/mol. The van der Waals surface area contributed by atoms with Crippen molar-refractivity contribution in [3.8, 4) is 33.5 Å². The van der Waals surface area contributed by atoms with E-state index in [2.05, 4.69) is 111 Å². The third-order valence-corrected chi connectivity index (χ3v) is 6.44. The molecular formula is C31H29N3. The summed E-state index contributed by atoms with van der Waals surface area (Å²) >= 11 is 0. The van der Waals surface area contributed by atoms with Gasteiger partial charge < -0.3 is 0 Å². The second kappa shape index (κ2) is 8.49. The van der Waals surface area contributed by atoms with Crippen LogP contribution in [0.1, 0.15) is 37.5 Å². The Kier molecular flexibility index (Phi) is 5.49. The van der Waals surface area contributed by atoms with E-state index >= 15 is 0 Å². The maximum absolute atomic E-state index is 4.71. The van der Waals surface area contributed by atoms with Crippen molar-refractivity contribution in [1.82, 2.24) is 15.0 Å². The smallest absolute Gasteiger partial charge is 0.116 e. The predicted molar refractivity (Wildman–Crippen MR) is 142 cm³/mol. The molecule has 5 rings (SSSR count). The van der Waals surface area contributed by atoms with Gasteiger partial charge in [-0.25, -0.2) is 9.97 Å². The Morgan fingerprint density at radius 2 is 1.47 bits per heavy atom. The van der Waals surface area contributed by atoms with Crippen LogP contribution in [0.25, 0.3) is 44.4 Å². The second-order valence-electron chi connectivity index (χ2n) is 10.0. The van der Waals surface area contributed by atoms with Gasteiger partial charge in [0.2, 0.25) is 0 Å². The van der Waals surface area contributed by atoms with Crippen molar-refractivity contribution in [3.63, 3.8) is 0 Å². The van der Waals surface area contributed by atoms with E-state index in [1.54, 1.807) is 6.33 Å². The zero-order valence-electron chi connectivity index (χ0n) is 20.4. The van der Waals surface area contributed by atoms with Gasteiger partial charge in [0.05, 0.1) is 11.2 Å². The lowest BCUT2D eigenvalue weighted by atomic mass is 9.86. The Labute approximate surface area is 201 Å². The van der Waals surface area contributed by atoms with E-state index in [0.717, 1.165) is 38.9 Å². The fourth-order valence-corrected chi connectivity index (χ4v) is 4.56. The Bertz CT molecular complexity index is 1510. The van der Waals surface area contributed by atoms with Gasteiger partial charge in [-0.15, -0.1) is 0 Å². The fraction of sp³-hybridized carbons (Fsp3) is 0.194. The first-order valence-electron chi connectivity index (χ1n) is 11.7. The summed E-state index contributed by atoms with van der Waals surface area (Å²) in [7, 11) is 0. The highest BCUT2D eigenvalue weighted by Crippen LogP contribution is 2.37. The molecule has 0 saturated carbocycles. The Balaban J connectivity index is 1.64. The lowest BCUT2D eigenvalue weighted by Crippen LogP contribution is -2.11. The van der Waals surface area contributed by atoms with Crippen molar-refractivity contribution >= 4 is 10.9 Å². The van der Waals surface area contributed by atoms with Gasteiger partial charge in [0.1, 0.15) is 6.33 Å². The van der Waals surface area contributed by atoms with Gasteiger partial charge >= 0.3 is 0 Å². The first-order chi connectivity index (χ1) is 16.3. The summed E-state index contributed by atoms with van der Waals surface area (Å²) in [6, 6.07) is 23.8. The van der Waals surface area contributed by atoms with Crippen LogP contribution in [0.3, 0.4) is 0 Å². The predicted octanol–water partition coefficient (Wildman–Crippen LogP) is 7.94. The molecule has 0 amide bonds. The van der Waals surface area contributed by atoms with Gasteiger partial charge in [0, 0.05) is 28.9 Å². The summed E-state index contributed by atoms with van der Waals surface area (Å²) in [5.41, 5.74) is 11.5. The molecule has 0 aliphatic carbocycles. The van der Waals surface area contributed by atoms with Crippen molar-refractivity contribution in [3.05, 3.63) is 102 Å². The molecule has 0 aliphatic heterocycles. The van der Waals surface area contributed by atoms with Crippen LogP contribution < -0.4 is 0 Å². The number of hydrogen-bond acceptors (Lipinski definition) is 3. The number of pyridine rings is 1. The maximum Gasteiger partial charge on any atom is 0.116 e. The summed E-state index contributed by atoms with van der Waals surface area (Å²) in [5.74, 6) is 0. The normalized spacial score (nSPS) is 11.7. The zero-order valence-corrected chi connectivity index (χ0v) is 20.4. The van der Waals surface area contributed by atoms with E-state index in [0.29, 0.717) is 0 Å². The van der Waals surface area contributed by atoms with Crippen LogP contribution >= 0.6 is 0 Å². The maximum atomic E-state index is 4.71. The average Bonchev–Trinajstić information content (AvgIpc) is 2.83. The number of hydrogen-bond donors (Lipinski definition) is 0.